The van der Waals surface area contributed by atoms with Gasteiger partial charge in [0.15, 0.2) is 0 Å². The predicted molar refractivity (Wildman–Crippen MR) is 543 cm³/mol. The van der Waals surface area contributed by atoms with Crippen molar-refractivity contribution in [3.8, 4) is 0 Å². The lowest BCUT2D eigenvalue weighted by Crippen LogP contribution is -2.61. The molecule has 0 heterocycles. The van der Waals surface area contributed by atoms with E-state index >= 15 is 0 Å². The quantitative estimate of drug-likeness (QED) is 0.0309. The zero-order valence-electron chi connectivity index (χ0n) is 85.0. The first-order valence-electron chi connectivity index (χ1n) is 50.5. The molecule has 3 rings (SSSR count). The largest absolute Gasteiger partial charge is 0.480 e. The summed E-state index contributed by atoms with van der Waals surface area (Å²) in [5.41, 5.74) is 49.1. The second kappa shape index (κ2) is 70.1. The van der Waals surface area contributed by atoms with E-state index in [4.69, 9.17) is 45.9 Å². The van der Waals surface area contributed by atoms with Crippen LogP contribution >= 0.6 is 0 Å². The fraction of sp³-hybridized carbons (Fsp3) is 0.650. The minimum Gasteiger partial charge on any atom is -0.480 e. The van der Waals surface area contributed by atoms with Gasteiger partial charge in [0, 0.05) is 19.3 Å². The van der Waals surface area contributed by atoms with Gasteiger partial charge in [-0.15, -0.1) is 0 Å². The van der Waals surface area contributed by atoms with Crippen molar-refractivity contribution in [2.24, 2.45) is 69.5 Å². The Labute approximate surface area is 837 Å². The summed E-state index contributed by atoms with van der Waals surface area (Å²) < 4.78 is 0. The summed E-state index contributed by atoms with van der Waals surface area (Å²) in [7, 11) is 0. The molecular weight excluding hydrogens is 1830 g/mol. The number of carbonyl (C=O) groups excluding carboxylic acids is 16. The number of aliphatic carboxylic acids is 1. The maximum atomic E-state index is 14.8. The molecule has 0 unspecified atom stereocenters. The van der Waals surface area contributed by atoms with Crippen LogP contribution in [0.25, 0.3) is 0 Å². The summed E-state index contributed by atoms with van der Waals surface area (Å²) in [5, 5.41) is 53.4. The van der Waals surface area contributed by atoms with Crippen LogP contribution in [0.1, 0.15) is 240 Å². The van der Waals surface area contributed by atoms with Gasteiger partial charge in [0.25, 0.3) is 0 Å². The molecule has 0 aliphatic rings. The highest BCUT2D eigenvalue weighted by Crippen LogP contribution is 2.19. The maximum Gasteiger partial charge on any atom is 0.326 e. The lowest BCUT2D eigenvalue weighted by molar-refractivity contribution is -0.143. The molecule has 3 aromatic rings. The van der Waals surface area contributed by atoms with E-state index in [-0.39, 0.29) is 128 Å². The summed E-state index contributed by atoms with van der Waals surface area (Å²) >= 11 is 0. The molecule has 17 atom stereocenters. The number of unbranched alkanes of at least 4 members (excludes halogenated alkanes) is 7. The van der Waals surface area contributed by atoms with Crippen molar-refractivity contribution < 1.29 is 86.6 Å². The van der Waals surface area contributed by atoms with E-state index in [0.29, 0.717) is 120 Å². The number of nitrogens with two attached hydrogens (primary N) is 8. The standard InChI is InChI=1S/C100H168N24O18/c1-11-64(8)84(99(140)122-81(100(141)142)56-62(4)5)124-94(135)76(47-27-34-54-107)117-98(139)83(63(6)7)123-97(138)80(59-69-39-19-14-20-40-69)118-86(127)66(10)110-89(130)71(42-22-29-49-102)112-82(125)60-109-88(129)78(57-67-35-15-12-16-36-67)121-93(134)75(46-26-33-53-106)115-91(132)73(44-24-31-51-104)113-85(126)65(9)111-90(131)72(43-23-30-50-103)114-92(133)74(45-25-32-52-105)116-95(136)77(55-61(2)3)120-96(137)79(58-68-37-17-13-18-38-68)119-87(128)70(108)41-21-28-48-101/h12-20,35-40,61-66,70-81,83-84H,11,21-34,41-60,101-108H2,1-10H3,(H,109,129)(H,110,130)(H,111,131)(H,112,125)(H,113,126)(H,114,133)(H,115,132)(H,116,136)(H,117,139)(H,118,127)(H,119,128)(H,120,137)(H,121,134)(H,122,140)(H,123,138)(H,124,135)(H,141,142)/t64-,65-,66-,70-,71-,72-,73-,74-,75-,76-,77-,78-,79-,80-,81-,83-,84-/m0/s1. The van der Waals surface area contributed by atoms with Gasteiger partial charge in [-0.25, -0.2) is 4.79 Å². The Balaban J connectivity index is 1.90. The van der Waals surface area contributed by atoms with Crippen LogP contribution in [0.4, 0.5) is 0 Å². The Morgan fingerprint density at radius 1 is 0.268 bits per heavy atom. The van der Waals surface area contributed by atoms with Crippen molar-refractivity contribution in [1.82, 2.24) is 85.1 Å². The summed E-state index contributed by atoms with van der Waals surface area (Å²) in [6, 6.07) is 5.45. The van der Waals surface area contributed by atoms with E-state index in [1.807, 2.05) is 13.8 Å². The van der Waals surface area contributed by atoms with Crippen LogP contribution in [0.5, 0.6) is 0 Å². The molecule has 0 aromatic heterocycles. The minimum absolute atomic E-state index is 0.00890. The SMILES string of the molecule is CC[C@H](C)[C@H](NC(=O)[C@H](CCCCN)NC(=O)[C@@H](NC(=O)[C@H](Cc1ccccc1)NC(=O)[C@H](C)NC(=O)[C@H](CCCCN)NC(=O)CNC(=O)[C@H](Cc1ccccc1)NC(=O)[C@H](CCCCN)NC(=O)[C@H](CCCCN)NC(=O)[C@H](C)NC(=O)[C@H](CCCCN)NC(=O)[C@H](CCCCN)NC(=O)[C@H](CC(C)C)NC(=O)[C@H](Cc1ccccc1)NC(=O)[C@@H](N)CCCCN)C(C)C)C(=O)N[C@@H](CC(C)C)C(=O)O. The number of nitrogens with one attached hydrogen (secondary N) is 16. The van der Waals surface area contributed by atoms with Crippen LogP contribution in [0.2, 0.25) is 0 Å². The first-order valence-corrected chi connectivity index (χ1v) is 50.5. The zero-order chi connectivity index (χ0) is 106. The first kappa shape index (κ1) is 124. The monoisotopic (exact) mass is 1990 g/mol. The van der Waals surface area contributed by atoms with Crippen LogP contribution in [0.15, 0.2) is 91.0 Å². The topological polar surface area (TPSA) is 711 Å². The number of rotatable bonds is 74. The fourth-order valence-electron chi connectivity index (χ4n) is 15.6. The van der Waals surface area contributed by atoms with E-state index < -0.39 is 216 Å². The normalized spacial score (nSPS) is 14.9. The number of carbonyl (C=O) groups is 17. The second-order valence-electron chi connectivity index (χ2n) is 37.8. The lowest BCUT2D eigenvalue weighted by Gasteiger charge is -2.30. The molecule has 796 valence electrons. The molecule has 16 amide bonds. The average molecular weight is 1990 g/mol. The molecule has 0 radical (unpaired) electrons. The van der Waals surface area contributed by atoms with E-state index in [0.717, 1.165) is 0 Å². The zero-order valence-corrected chi connectivity index (χ0v) is 85.0. The number of amides is 16. The molecule has 42 heteroatoms. The van der Waals surface area contributed by atoms with Crippen molar-refractivity contribution in [3.63, 3.8) is 0 Å². The molecule has 0 fully saturated rings. The molecule has 0 aliphatic carbocycles. The molecule has 3 aromatic carbocycles. The first-order chi connectivity index (χ1) is 67.7. The van der Waals surface area contributed by atoms with Crippen LogP contribution in [-0.4, -0.2) is 255 Å². The summed E-state index contributed by atoms with van der Waals surface area (Å²) in [6.07, 6.45) is 6.53. The third-order valence-electron chi connectivity index (χ3n) is 24.2. The molecule has 0 spiro atoms. The van der Waals surface area contributed by atoms with Gasteiger partial charge in [-0.1, -0.05) is 159 Å². The van der Waals surface area contributed by atoms with Crippen LogP contribution < -0.4 is 131 Å². The minimum atomic E-state index is -1.43. The Bertz CT molecular complexity index is 4350. The van der Waals surface area contributed by atoms with Crippen LogP contribution in [0.3, 0.4) is 0 Å². The summed E-state index contributed by atoms with van der Waals surface area (Å²) in [4.78, 5) is 242. The maximum absolute atomic E-state index is 14.8. The molecule has 0 saturated carbocycles. The third-order valence-corrected chi connectivity index (χ3v) is 24.2. The summed E-state index contributed by atoms with van der Waals surface area (Å²) in [6.45, 7) is 17.8. The van der Waals surface area contributed by atoms with Crippen molar-refractivity contribution in [1.29, 1.82) is 0 Å². The number of benzene rings is 3. The molecule has 42 nitrogen and oxygen atoms in total. The molecular formula is C100H168N24O18. The highest BCUT2D eigenvalue weighted by atomic mass is 16.4. The Hall–Kier alpha value is -11.7. The van der Waals surface area contributed by atoms with Crippen molar-refractivity contribution in [2.45, 2.75) is 339 Å². The van der Waals surface area contributed by atoms with Crippen molar-refractivity contribution in [3.05, 3.63) is 108 Å². The number of hydrogen-bond donors (Lipinski definition) is 25. The third kappa shape index (κ3) is 48.9. The van der Waals surface area contributed by atoms with Gasteiger partial charge in [-0.05, 0) is 241 Å². The number of hydrogen-bond acceptors (Lipinski definition) is 25. The second-order valence-corrected chi connectivity index (χ2v) is 37.8. The molecule has 0 aliphatic heterocycles. The van der Waals surface area contributed by atoms with E-state index in [1.165, 1.54) is 13.8 Å². The van der Waals surface area contributed by atoms with Crippen LogP contribution in [0, 0.1) is 23.7 Å². The summed E-state index contributed by atoms with van der Waals surface area (Å²) in [5.74, 6) is -15.2. The highest BCUT2D eigenvalue weighted by Gasteiger charge is 2.40. The van der Waals surface area contributed by atoms with Gasteiger partial charge in [0.05, 0.1) is 12.6 Å². The number of carboxylic acids is 1. The average Bonchev–Trinajstić information content (AvgIpc) is 0.840. The van der Waals surface area contributed by atoms with Gasteiger partial charge in [-0.2, -0.15) is 0 Å². The van der Waals surface area contributed by atoms with E-state index in [1.54, 1.807) is 133 Å². The predicted octanol–water partition coefficient (Wildman–Crippen LogP) is -0.748. The van der Waals surface area contributed by atoms with E-state index in [9.17, 15) is 86.6 Å². The molecule has 0 bridgehead atoms. The molecule has 0 saturated heterocycles. The highest BCUT2D eigenvalue weighted by molar-refractivity contribution is 6.01. The van der Waals surface area contributed by atoms with Gasteiger partial charge in [0.2, 0.25) is 94.5 Å². The van der Waals surface area contributed by atoms with Gasteiger partial charge in [-0.3, -0.25) is 76.7 Å². The van der Waals surface area contributed by atoms with Crippen LogP contribution in [-0.2, 0) is 101 Å². The van der Waals surface area contributed by atoms with Gasteiger partial charge >= 0.3 is 5.97 Å². The lowest BCUT2D eigenvalue weighted by atomic mass is 9.96. The fourth-order valence-corrected chi connectivity index (χ4v) is 15.6. The number of carboxylic acid groups (broad SMARTS) is 1. The van der Waals surface area contributed by atoms with Gasteiger partial charge < -0.3 is 136 Å². The van der Waals surface area contributed by atoms with E-state index in [2.05, 4.69) is 85.1 Å². The van der Waals surface area contributed by atoms with Gasteiger partial charge in [0.1, 0.15) is 90.6 Å². The Kier molecular flexibility index (Phi) is 61.4. The molecule has 33 N–H and O–H groups in total. The van der Waals surface area contributed by atoms with Crippen molar-refractivity contribution >= 4 is 100 Å². The Morgan fingerprint density at radius 3 is 0.866 bits per heavy atom. The molecule has 142 heavy (non-hydrogen) atoms. The van der Waals surface area contributed by atoms with Crippen molar-refractivity contribution in [2.75, 3.05) is 52.4 Å². The Morgan fingerprint density at radius 2 is 0.521 bits per heavy atom. The smallest absolute Gasteiger partial charge is 0.326 e.